The van der Waals surface area contributed by atoms with Gasteiger partial charge in [0.2, 0.25) is 0 Å². The minimum absolute atomic E-state index is 0.882. The normalized spacial score (nSPS) is 15.7. The molecule has 0 bridgehead atoms. The van der Waals surface area contributed by atoms with Crippen LogP contribution in [-0.4, -0.2) is 47.4 Å². The van der Waals surface area contributed by atoms with Gasteiger partial charge in [0, 0.05) is 31.9 Å². The van der Waals surface area contributed by atoms with Crippen LogP contribution < -0.4 is 5.32 Å². The Balaban J connectivity index is 1.61. The topological polar surface area (TPSA) is 33.1 Å². The van der Waals surface area contributed by atoms with Gasteiger partial charge in [-0.1, -0.05) is 43.7 Å². The highest BCUT2D eigenvalue weighted by atomic mass is 15.3. The van der Waals surface area contributed by atoms with Crippen molar-refractivity contribution in [2.45, 2.75) is 39.2 Å². The van der Waals surface area contributed by atoms with E-state index in [0.29, 0.717) is 0 Å². The van der Waals surface area contributed by atoms with E-state index < -0.39 is 0 Å². The Bertz CT molecular complexity index is 599. The van der Waals surface area contributed by atoms with E-state index in [9.17, 15) is 0 Å². The van der Waals surface area contributed by atoms with Gasteiger partial charge >= 0.3 is 0 Å². The van der Waals surface area contributed by atoms with Crippen LogP contribution in [0.25, 0.3) is 0 Å². The summed E-state index contributed by atoms with van der Waals surface area (Å²) in [6, 6.07) is 13.0. The van der Waals surface area contributed by atoms with Crippen LogP contribution in [0.15, 0.2) is 36.4 Å². The molecule has 1 fully saturated rings. The molecule has 130 valence electrons. The second-order valence-electron chi connectivity index (χ2n) is 6.72. The molecule has 1 aliphatic rings. The van der Waals surface area contributed by atoms with E-state index in [0.717, 1.165) is 38.9 Å². The van der Waals surface area contributed by atoms with Gasteiger partial charge in [-0.25, -0.2) is 0 Å². The third kappa shape index (κ3) is 4.92. The Morgan fingerprint density at radius 1 is 1.08 bits per heavy atom. The van der Waals surface area contributed by atoms with Crippen LogP contribution in [0.1, 0.15) is 36.7 Å². The van der Waals surface area contributed by atoms with Crippen LogP contribution in [0, 0.1) is 0 Å². The monoisotopic (exact) mass is 326 g/mol. The Morgan fingerprint density at radius 2 is 1.88 bits per heavy atom. The third-order valence-corrected chi connectivity index (χ3v) is 4.71. The number of hydrogen-bond donors (Lipinski definition) is 1. The van der Waals surface area contributed by atoms with Gasteiger partial charge in [0.15, 0.2) is 0 Å². The molecular formula is C20H30N4. The quantitative estimate of drug-likeness (QED) is 0.810. The minimum Gasteiger partial charge on any atom is -0.314 e. The van der Waals surface area contributed by atoms with E-state index in [-0.39, 0.29) is 0 Å². The SMILES string of the molecule is CCCc1cc(CCCN2CCNCC2)n(Cc2ccccc2)n1. The molecule has 1 aromatic heterocycles. The zero-order chi connectivity index (χ0) is 16.6. The van der Waals surface area contributed by atoms with E-state index in [1.807, 2.05) is 0 Å². The lowest BCUT2D eigenvalue weighted by Gasteiger charge is -2.27. The highest BCUT2D eigenvalue weighted by molar-refractivity contribution is 5.18. The summed E-state index contributed by atoms with van der Waals surface area (Å²) in [5.74, 6) is 0. The Morgan fingerprint density at radius 3 is 2.62 bits per heavy atom. The van der Waals surface area contributed by atoms with Crippen molar-refractivity contribution in [3.63, 3.8) is 0 Å². The molecule has 0 amide bonds. The van der Waals surface area contributed by atoms with Gasteiger partial charge in [-0.2, -0.15) is 5.10 Å². The maximum Gasteiger partial charge on any atom is 0.0662 e. The number of rotatable bonds is 8. The van der Waals surface area contributed by atoms with Gasteiger partial charge in [0.05, 0.1) is 12.2 Å². The van der Waals surface area contributed by atoms with Gasteiger partial charge in [-0.3, -0.25) is 4.68 Å². The fraction of sp³-hybridized carbons (Fsp3) is 0.550. The highest BCUT2D eigenvalue weighted by Gasteiger charge is 2.11. The van der Waals surface area contributed by atoms with Crippen LogP contribution in [0.3, 0.4) is 0 Å². The molecule has 0 atom stereocenters. The second-order valence-corrected chi connectivity index (χ2v) is 6.72. The molecule has 0 radical (unpaired) electrons. The van der Waals surface area contributed by atoms with Gasteiger partial charge in [-0.15, -0.1) is 0 Å². The predicted octanol–water partition coefficient (Wildman–Crippen LogP) is 2.72. The number of aromatic nitrogens is 2. The standard InChI is InChI=1S/C20H30N4/c1-2-7-19-16-20(10-6-13-23-14-11-21-12-15-23)24(22-19)17-18-8-4-3-5-9-18/h3-5,8-9,16,21H,2,6-7,10-15,17H2,1H3. The maximum atomic E-state index is 4.85. The van der Waals surface area contributed by atoms with Crippen molar-refractivity contribution in [1.82, 2.24) is 20.0 Å². The fourth-order valence-corrected chi connectivity index (χ4v) is 3.41. The van der Waals surface area contributed by atoms with Crippen molar-refractivity contribution in [2.75, 3.05) is 32.7 Å². The van der Waals surface area contributed by atoms with Crippen LogP contribution in [0.5, 0.6) is 0 Å². The van der Waals surface area contributed by atoms with E-state index in [1.165, 1.54) is 43.0 Å². The number of nitrogens with zero attached hydrogens (tertiary/aromatic N) is 3. The molecule has 0 spiro atoms. The Labute approximate surface area is 145 Å². The molecule has 4 nitrogen and oxygen atoms in total. The highest BCUT2D eigenvalue weighted by Crippen LogP contribution is 2.13. The zero-order valence-electron chi connectivity index (χ0n) is 14.9. The van der Waals surface area contributed by atoms with Gasteiger partial charge in [-0.05, 0) is 37.4 Å². The number of nitrogens with one attached hydrogen (secondary N) is 1. The predicted molar refractivity (Wildman–Crippen MR) is 99.4 cm³/mol. The molecule has 1 N–H and O–H groups in total. The molecule has 24 heavy (non-hydrogen) atoms. The average Bonchev–Trinajstić information content (AvgIpc) is 2.98. The van der Waals surface area contributed by atoms with Crippen molar-refractivity contribution >= 4 is 0 Å². The summed E-state index contributed by atoms with van der Waals surface area (Å²) in [7, 11) is 0. The first-order chi connectivity index (χ1) is 11.8. The summed E-state index contributed by atoms with van der Waals surface area (Å²) < 4.78 is 2.22. The van der Waals surface area contributed by atoms with Crippen molar-refractivity contribution in [2.24, 2.45) is 0 Å². The van der Waals surface area contributed by atoms with Gasteiger partial charge in [0.25, 0.3) is 0 Å². The fourth-order valence-electron chi connectivity index (χ4n) is 3.41. The first-order valence-electron chi connectivity index (χ1n) is 9.38. The summed E-state index contributed by atoms with van der Waals surface area (Å²) in [6.45, 7) is 8.93. The molecule has 0 unspecified atom stereocenters. The number of aryl methyl sites for hydroxylation is 2. The van der Waals surface area contributed by atoms with Crippen molar-refractivity contribution in [1.29, 1.82) is 0 Å². The number of piperazine rings is 1. The number of benzene rings is 1. The smallest absolute Gasteiger partial charge is 0.0662 e. The van der Waals surface area contributed by atoms with Crippen LogP contribution in [0.2, 0.25) is 0 Å². The number of hydrogen-bond acceptors (Lipinski definition) is 3. The molecule has 1 saturated heterocycles. The summed E-state index contributed by atoms with van der Waals surface area (Å²) >= 11 is 0. The van der Waals surface area contributed by atoms with Crippen molar-refractivity contribution < 1.29 is 0 Å². The van der Waals surface area contributed by atoms with Gasteiger partial charge in [0.1, 0.15) is 0 Å². The Hall–Kier alpha value is -1.65. The Kier molecular flexibility index (Phi) is 6.44. The second kappa shape index (κ2) is 9.00. The molecule has 4 heteroatoms. The average molecular weight is 326 g/mol. The van der Waals surface area contributed by atoms with E-state index in [4.69, 9.17) is 5.10 Å². The van der Waals surface area contributed by atoms with Crippen molar-refractivity contribution in [3.8, 4) is 0 Å². The maximum absolute atomic E-state index is 4.85. The molecule has 2 heterocycles. The van der Waals surface area contributed by atoms with Crippen LogP contribution >= 0.6 is 0 Å². The van der Waals surface area contributed by atoms with Gasteiger partial charge < -0.3 is 10.2 Å². The molecular weight excluding hydrogens is 296 g/mol. The first kappa shape index (κ1) is 17.2. The summed E-state index contributed by atoms with van der Waals surface area (Å²) in [4.78, 5) is 2.57. The molecule has 0 saturated carbocycles. The summed E-state index contributed by atoms with van der Waals surface area (Å²) in [5, 5.41) is 8.27. The molecule has 1 aliphatic heterocycles. The zero-order valence-corrected chi connectivity index (χ0v) is 14.9. The minimum atomic E-state index is 0.882. The largest absolute Gasteiger partial charge is 0.314 e. The van der Waals surface area contributed by atoms with Crippen LogP contribution in [0.4, 0.5) is 0 Å². The molecule has 2 aromatic rings. The van der Waals surface area contributed by atoms with E-state index >= 15 is 0 Å². The van der Waals surface area contributed by atoms with Crippen molar-refractivity contribution in [3.05, 3.63) is 53.3 Å². The first-order valence-corrected chi connectivity index (χ1v) is 9.38. The molecule has 3 rings (SSSR count). The lowest BCUT2D eigenvalue weighted by atomic mass is 10.1. The summed E-state index contributed by atoms with van der Waals surface area (Å²) in [5.41, 5.74) is 3.95. The van der Waals surface area contributed by atoms with Crippen LogP contribution in [-0.2, 0) is 19.4 Å². The van der Waals surface area contributed by atoms with E-state index in [2.05, 4.69) is 58.2 Å². The molecule has 0 aliphatic carbocycles. The lowest BCUT2D eigenvalue weighted by molar-refractivity contribution is 0.238. The third-order valence-electron chi connectivity index (χ3n) is 4.71. The van der Waals surface area contributed by atoms with E-state index in [1.54, 1.807) is 0 Å². The molecule has 1 aromatic carbocycles. The lowest BCUT2D eigenvalue weighted by Crippen LogP contribution is -2.43. The summed E-state index contributed by atoms with van der Waals surface area (Å²) in [6.07, 6.45) is 4.56.